The summed E-state index contributed by atoms with van der Waals surface area (Å²) in [6.07, 6.45) is 5.16. The fourth-order valence-corrected chi connectivity index (χ4v) is 1.64. The van der Waals surface area contributed by atoms with Crippen LogP contribution in [0.2, 0.25) is 0 Å². The molecule has 2 heterocycles. The van der Waals surface area contributed by atoms with Gasteiger partial charge in [0.25, 0.3) is 0 Å². The van der Waals surface area contributed by atoms with Crippen LogP contribution in [0.25, 0.3) is 0 Å². The number of rotatable bonds is 6. The summed E-state index contributed by atoms with van der Waals surface area (Å²) in [6, 6.07) is 5.49. The third-order valence-electron chi connectivity index (χ3n) is 2.65. The zero-order valence-corrected chi connectivity index (χ0v) is 13.7. The van der Waals surface area contributed by atoms with E-state index in [2.05, 4.69) is 9.97 Å². The van der Waals surface area contributed by atoms with Crippen LogP contribution in [0.5, 0.6) is 11.6 Å². The first-order chi connectivity index (χ1) is 10.6. The van der Waals surface area contributed by atoms with E-state index in [4.69, 9.17) is 15.2 Å². The molecule has 120 valence electrons. The number of hydrogen-bond donors (Lipinski definition) is 1. The zero-order valence-electron chi connectivity index (χ0n) is 13.7. The van der Waals surface area contributed by atoms with Gasteiger partial charge < -0.3 is 15.2 Å². The molecule has 2 N–H and O–H groups in total. The van der Waals surface area contributed by atoms with Crippen molar-refractivity contribution >= 4 is 0 Å². The molecule has 0 radical (unpaired) electrons. The maximum absolute atomic E-state index is 5.95. The quantitative estimate of drug-likeness (QED) is 0.888. The van der Waals surface area contributed by atoms with E-state index in [-0.39, 0.29) is 6.04 Å². The van der Waals surface area contributed by atoms with E-state index < -0.39 is 0 Å². The first-order valence-electron chi connectivity index (χ1n) is 7.49. The standard InChI is InChI=1S/C15H19N3O2.C2H6/c1-11-3-4-18-15(6-11)20-10-13(16)9-19-14-5-12(2)7-17-8-14;1-2/h3-8,13H,9-10,16H2,1-2H3;1-2H3. The summed E-state index contributed by atoms with van der Waals surface area (Å²) in [5.74, 6) is 1.30. The number of nitrogens with two attached hydrogens (primary N) is 1. The fraction of sp³-hybridized carbons (Fsp3) is 0.412. The minimum Gasteiger partial charge on any atom is -0.490 e. The highest BCUT2D eigenvalue weighted by Gasteiger charge is 2.06. The maximum Gasteiger partial charge on any atom is 0.213 e. The number of nitrogens with zero attached hydrogens (tertiary/aromatic N) is 2. The van der Waals surface area contributed by atoms with E-state index >= 15 is 0 Å². The zero-order chi connectivity index (χ0) is 16.4. The van der Waals surface area contributed by atoms with Gasteiger partial charge in [-0.05, 0) is 37.1 Å². The molecule has 0 aliphatic heterocycles. The molecule has 0 spiro atoms. The van der Waals surface area contributed by atoms with E-state index in [0.717, 1.165) is 11.1 Å². The Balaban J connectivity index is 0.00000116. The number of pyridine rings is 2. The normalized spacial score (nSPS) is 11.1. The highest BCUT2D eigenvalue weighted by molar-refractivity contribution is 5.22. The first-order valence-corrected chi connectivity index (χ1v) is 7.49. The molecule has 5 heteroatoms. The molecule has 1 unspecified atom stereocenters. The topological polar surface area (TPSA) is 70.3 Å². The third-order valence-corrected chi connectivity index (χ3v) is 2.65. The predicted molar refractivity (Wildman–Crippen MR) is 88.3 cm³/mol. The second kappa shape index (κ2) is 9.73. The summed E-state index contributed by atoms with van der Waals surface area (Å²) in [5, 5.41) is 0. The lowest BCUT2D eigenvalue weighted by Gasteiger charge is -2.14. The molecule has 0 amide bonds. The van der Waals surface area contributed by atoms with Crippen molar-refractivity contribution in [2.75, 3.05) is 13.2 Å². The average molecular weight is 303 g/mol. The van der Waals surface area contributed by atoms with Crippen molar-refractivity contribution in [3.8, 4) is 11.6 Å². The van der Waals surface area contributed by atoms with Gasteiger partial charge in [0.05, 0.1) is 12.2 Å². The van der Waals surface area contributed by atoms with Crippen LogP contribution < -0.4 is 15.2 Å². The van der Waals surface area contributed by atoms with Gasteiger partial charge in [0.1, 0.15) is 19.0 Å². The second-order valence-electron chi connectivity index (χ2n) is 4.75. The average Bonchev–Trinajstić information content (AvgIpc) is 2.53. The van der Waals surface area contributed by atoms with Gasteiger partial charge in [0.15, 0.2) is 0 Å². The van der Waals surface area contributed by atoms with Gasteiger partial charge in [-0.15, -0.1) is 0 Å². The lowest BCUT2D eigenvalue weighted by atomic mass is 10.3. The number of hydrogen-bond acceptors (Lipinski definition) is 5. The van der Waals surface area contributed by atoms with Crippen molar-refractivity contribution in [3.05, 3.63) is 47.9 Å². The summed E-state index contributed by atoms with van der Waals surface area (Å²) in [4.78, 5) is 8.17. The van der Waals surface area contributed by atoms with Crippen LogP contribution in [-0.4, -0.2) is 29.2 Å². The molecule has 5 nitrogen and oxygen atoms in total. The van der Waals surface area contributed by atoms with E-state index in [1.54, 1.807) is 18.6 Å². The Morgan fingerprint density at radius 3 is 2.45 bits per heavy atom. The largest absolute Gasteiger partial charge is 0.490 e. The Hall–Kier alpha value is -2.14. The molecule has 2 aromatic heterocycles. The molecular weight excluding hydrogens is 278 g/mol. The third kappa shape index (κ3) is 6.54. The summed E-state index contributed by atoms with van der Waals surface area (Å²) in [5.41, 5.74) is 8.10. The van der Waals surface area contributed by atoms with E-state index in [9.17, 15) is 0 Å². The number of ether oxygens (including phenoxy) is 2. The Labute approximate surface area is 132 Å². The number of aromatic nitrogens is 2. The molecule has 0 aliphatic carbocycles. The SMILES string of the molecule is CC.Cc1cncc(OCC(N)COc2cc(C)ccn2)c1. The van der Waals surface area contributed by atoms with Gasteiger partial charge in [-0.2, -0.15) is 0 Å². The van der Waals surface area contributed by atoms with Gasteiger partial charge in [-0.1, -0.05) is 13.8 Å². The van der Waals surface area contributed by atoms with Crippen molar-refractivity contribution in [2.45, 2.75) is 33.7 Å². The minimum absolute atomic E-state index is 0.224. The summed E-state index contributed by atoms with van der Waals surface area (Å²) in [6.45, 7) is 8.68. The molecule has 0 aromatic carbocycles. The molecular formula is C17H25N3O2. The van der Waals surface area contributed by atoms with Crippen molar-refractivity contribution in [1.29, 1.82) is 0 Å². The molecule has 0 aliphatic rings. The maximum atomic E-state index is 5.95. The molecule has 0 saturated heterocycles. The Bertz CT molecular complexity index is 512. The fourth-order valence-electron chi connectivity index (χ4n) is 1.64. The summed E-state index contributed by atoms with van der Waals surface area (Å²) in [7, 11) is 0. The molecule has 22 heavy (non-hydrogen) atoms. The second-order valence-corrected chi connectivity index (χ2v) is 4.75. The van der Waals surface area contributed by atoms with Gasteiger partial charge in [-0.3, -0.25) is 4.98 Å². The monoisotopic (exact) mass is 303 g/mol. The van der Waals surface area contributed by atoms with Crippen LogP contribution in [0, 0.1) is 13.8 Å². The smallest absolute Gasteiger partial charge is 0.213 e. The van der Waals surface area contributed by atoms with Gasteiger partial charge >= 0.3 is 0 Å². The van der Waals surface area contributed by atoms with Crippen molar-refractivity contribution in [2.24, 2.45) is 5.73 Å². The molecule has 0 saturated carbocycles. The molecule has 2 rings (SSSR count). The lowest BCUT2D eigenvalue weighted by molar-refractivity contribution is 0.215. The van der Waals surface area contributed by atoms with Crippen molar-refractivity contribution < 1.29 is 9.47 Å². The van der Waals surface area contributed by atoms with Gasteiger partial charge in [-0.25, -0.2) is 4.98 Å². The van der Waals surface area contributed by atoms with E-state index in [1.807, 2.05) is 45.9 Å². The molecule has 0 bridgehead atoms. The van der Waals surface area contributed by atoms with Crippen LogP contribution in [0.1, 0.15) is 25.0 Å². The van der Waals surface area contributed by atoms with Gasteiger partial charge in [0.2, 0.25) is 5.88 Å². The Morgan fingerprint density at radius 1 is 1.05 bits per heavy atom. The summed E-state index contributed by atoms with van der Waals surface area (Å²) >= 11 is 0. The predicted octanol–water partition coefficient (Wildman–Crippen LogP) is 2.90. The van der Waals surface area contributed by atoms with Crippen LogP contribution in [0.3, 0.4) is 0 Å². The first kappa shape index (κ1) is 17.9. The molecule has 1 atom stereocenters. The molecule has 2 aromatic rings. The highest BCUT2D eigenvalue weighted by Crippen LogP contribution is 2.11. The lowest BCUT2D eigenvalue weighted by Crippen LogP contribution is -2.34. The van der Waals surface area contributed by atoms with Crippen LogP contribution in [-0.2, 0) is 0 Å². The van der Waals surface area contributed by atoms with Crippen LogP contribution >= 0.6 is 0 Å². The summed E-state index contributed by atoms with van der Waals surface area (Å²) < 4.78 is 11.1. The van der Waals surface area contributed by atoms with Gasteiger partial charge in [0, 0.05) is 18.5 Å². The molecule has 0 fully saturated rings. The van der Waals surface area contributed by atoms with E-state index in [1.165, 1.54) is 0 Å². The van der Waals surface area contributed by atoms with Crippen molar-refractivity contribution in [1.82, 2.24) is 9.97 Å². The van der Waals surface area contributed by atoms with Crippen LogP contribution in [0.4, 0.5) is 0 Å². The highest BCUT2D eigenvalue weighted by atomic mass is 16.5. The Kier molecular flexibility index (Phi) is 7.92. The minimum atomic E-state index is -0.224. The van der Waals surface area contributed by atoms with Crippen LogP contribution in [0.15, 0.2) is 36.8 Å². The van der Waals surface area contributed by atoms with Crippen molar-refractivity contribution in [3.63, 3.8) is 0 Å². The Morgan fingerprint density at radius 2 is 1.77 bits per heavy atom. The van der Waals surface area contributed by atoms with E-state index in [0.29, 0.717) is 24.8 Å². The number of aryl methyl sites for hydroxylation is 2.